The molecule has 0 aromatic heterocycles. The van der Waals surface area contributed by atoms with Crippen molar-refractivity contribution in [3.05, 3.63) is 52.8 Å². The van der Waals surface area contributed by atoms with Crippen LogP contribution in [0.15, 0.2) is 35.9 Å². The number of ether oxygens (including phenoxy) is 4. The Morgan fingerprint density at radius 2 is 1.46 bits per heavy atom. The van der Waals surface area contributed by atoms with Crippen LogP contribution >= 0.6 is 0 Å². The lowest BCUT2D eigenvalue weighted by Crippen LogP contribution is -2.04. The van der Waals surface area contributed by atoms with Gasteiger partial charge in [-0.15, -0.1) is 0 Å². The van der Waals surface area contributed by atoms with Gasteiger partial charge in [-0.1, -0.05) is 6.07 Å². The van der Waals surface area contributed by atoms with Gasteiger partial charge in [-0.25, -0.2) is 4.39 Å². The maximum Gasteiger partial charge on any atom is 0.203 e. The molecule has 0 spiro atoms. The number of carbonyl (C=O) groups is 1. The zero-order chi connectivity index (χ0) is 19.3. The highest BCUT2D eigenvalue weighted by Gasteiger charge is 2.18. The van der Waals surface area contributed by atoms with Gasteiger partial charge in [0.15, 0.2) is 28.8 Å². The molecule has 0 atom stereocenters. The summed E-state index contributed by atoms with van der Waals surface area (Å²) in [6.07, 6.45) is 1.61. The number of ketones is 1. The first kappa shape index (κ1) is 19.3. The number of rotatable bonds is 7. The van der Waals surface area contributed by atoms with E-state index < -0.39 is 5.82 Å². The van der Waals surface area contributed by atoms with Gasteiger partial charge in [0.2, 0.25) is 5.75 Å². The Hall–Kier alpha value is -3.02. The maximum absolute atomic E-state index is 13.8. The Balaban J connectivity index is 2.40. The summed E-state index contributed by atoms with van der Waals surface area (Å²) in [5.74, 6) is 0.605. The van der Waals surface area contributed by atoms with Crippen LogP contribution in [-0.4, -0.2) is 34.2 Å². The normalized spacial score (nSPS) is 11.1. The highest BCUT2D eigenvalue weighted by Crippen LogP contribution is 2.38. The number of carbonyl (C=O) groups excluding carboxylic acids is 1. The summed E-state index contributed by atoms with van der Waals surface area (Å²) in [6.45, 7) is 1.66. The Kier molecular flexibility index (Phi) is 6.22. The zero-order valence-corrected chi connectivity index (χ0v) is 15.4. The second kappa shape index (κ2) is 8.38. The van der Waals surface area contributed by atoms with Gasteiger partial charge in [0.1, 0.15) is 0 Å². The SMILES string of the molecule is COc1ccc(C=C(C)C(=O)c2cc(OC)c(OC)c(OC)c2)cc1F. The van der Waals surface area contributed by atoms with Crippen molar-refractivity contribution < 1.29 is 28.1 Å². The van der Waals surface area contributed by atoms with Crippen LogP contribution in [0.3, 0.4) is 0 Å². The minimum Gasteiger partial charge on any atom is -0.494 e. The lowest BCUT2D eigenvalue weighted by molar-refractivity contribution is 0.103. The van der Waals surface area contributed by atoms with Crippen LogP contribution in [0.5, 0.6) is 23.0 Å². The minimum absolute atomic E-state index is 0.149. The predicted molar refractivity (Wildman–Crippen MR) is 97.0 cm³/mol. The Morgan fingerprint density at radius 1 is 0.885 bits per heavy atom. The van der Waals surface area contributed by atoms with E-state index in [4.69, 9.17) is 18.9 Å². The Morgan fingerprint density at radius 3 is 1.92 bits per heavy atom. The first-order valence-corrected chi connectivity index (χ1v) is 7.81. The highest BCUT2D eigenvalue weighted by atomic mass is 19.1. The highest BCUT2D eigenvalue weighted by molar-refractivity contribution is 6.11. The van der Waals surface area contributed by atoms with Gasteiger partial charge in [-0.2, -0.15) is 0 Å². The van der Waals surface area contributed by atoms with E-state index >= 15 is 0 Å². The molecule has 0 aliphatic heterocycles. The third-order valence-corrected chi connectivity index (χ3v) is 3.84. The molecule has 6 heteroatoms. The molecule has 2 rings (SSSR count). The molecule has 0 saturated carbocycles. The van der Waals surface area contributed by atoms with Gasteiger partial charge < -0.3 is 18.9 Å². The lowest BCUT2D eigenvalue weighted by Gasteiger charge is -2.13. The molecule has 0 amide bonds. The number of allylic oxidation sites excluding steroid dienone is 1. The molecule has 0 bridgehead atoms. The summed E-state index contributed by atoms with van der Waals surface area (Å²) in [5.41, 5.74) is 1.37. The first-order valence-electron chi connectivity index (χ1n) is 7.81. The topological polar surface area (TPSA) is 54.0 Å². The fraction of sp³-hybridized carbons (Fsp3) is 0.250. The van der Waals surface area contributed by atoms with Crippen LogP contribution in [0.2, 0.25) is 0 Å². The minimum atomic E-state index is -0.491. The average molecular weight is 360 g/mol. The van der Waals surface area contributed by atoms with Gasteiger partial charge in [0, 0.05) is 5.56 Å². The molecule has 0 saturated heterocycles. The van der Waals surface area contributed by atoms with Crippen molar-refractivity contribution in [3.63, 3.8) is 0 Å². The van der Waals surface area contributed by atoms with Crippen LogP contribution in [0.1, 0.15) is 22.8 Å². The summed E-state index contributed by atoms with van der Waals surface area (Å²) in [7, 11) is 5.85. The van der Waals surface area contributed by atoms with E-state index in [1.807, 2.05) is 0 Å². The van der Waals surface area contributed by atoms with Gasteiger partial charge in [0.05, 0.1) is 28.4 Å². The van der Waals surface area contributed by atoms with E-state index in [2.05, 4.69) is 0 Å². The maximum atomic E-state index is 13.8. The molecular formula is C20H21FO5. The zero-order valence-electron chi connectivity index (χ0n) is 15.4. The molecule has 0 heterocycles. The molecule has 0 N–H and O–H groups in total. The molecule has 138 valence electrons. The van der Waals surface area contributed by atoms with Crippen molar-refractivity contribution in [3.8, 4) is 23.0 Å². The second-order valence-corrected chi connectivity index (χ2v) is 5.46. The third kappa shape index (κ3) is 3.96. The Labute approximate surface area is 151 Å². The number of hydrogen-bond donors (Lipinski definition) is 0. The molecule has 5 nitrogen and oxygen atoms in total. The summed E-state index contributed by atoms with van der Waals surface area (Å²) >= 11 is 0. The molecular weight excluding hydrogens is 339 g/mol. The molecule has 0 radical (unpaired) electrons. The van der Waals surface area contributed by atoms with Crippen molar-refractivity contribution >= 4 is 11.9 Å². The fourth-order valence-corrected chi connectivity index (χ4v) is 2.53. The molecule has 26 heavy (non-hydrogen) atoms. The number of Topliss-reactive ketones (excluding diaryl/α,β-unsaturated/α-hetero) is 1. The van der Waals surface area contributed by atoms with E-state index in [-0.39, 0.29) is 11.5 Å². The van der Waals surface area contributed by atoms with Crippen molar-refractivity contribution in [2.75, 3.05) is 28.4 Å². The molecule has 0 unspecified atom stereocenters. The van der Waals surface area contributed by atoms with Crippen molar-refractivity contribution in [2.24, 2.45) is 0 Å². The second-order valence-electron chi connectivity index (χ2n) is 5.46. The van der Waals surface area contributed by atoms with Gasteiger partial charge in [0.25, 0.3) is 0 Å². The van der Waals surface area contributed by atoms with Crippen LogP contribution in [0.25, 0.3) is 6.08 Å². The van der Waals surface area contributed by atoms with Crippen LogP contribution in [0.4, 0.5) is 4.39 Å². The van der Waals surface area contributed by atoms with Crippen LogP contribution in [0, 0.1) is 5.82 Å². The van der Waals surface area contributed by atoms with E-state index in [1.54, 1.807) is 31.2 Å². The van der Waals surface area contributed by atoms with Gasteiger partial charge in [-0.05, 0) is 48.4 Å². The molecule has 2 aromatic carbocycles. The largest absolute Gasteiger partial charge is 0.494 e. The van der Waals surface area contributed by atoms with Crippen LogP contribution in [-0.2, 0) is 0 Å². The van der Waals surface area contributed by atoms with Gasteiger partial charge in [-0.3, -0.25) is 4.79 Å². The van der Waals surface area contributed by atoms with E-state index in [1.165, 1.54) is 40.6 Å². The van der Waals surface area contributed by atoms with Gasteiger partial charge >= 0.3 is 0 Å². The quantitative estimate of drug-likeness (QED) is 0.548. The number of hydrogen-bond acceptors (Lipinski definition) is 5. The molecule has 2 aromatic rings. The lowest BCUT2D eigenvalue weighted by atomic mass is 10.0. The monoisotopic (exact) mass is 360 g/mol. The smallest absolute Gasteiger partial charge is 0.203 e. The van der Waals surface area contributed by atoms with E-state index in [0.717, 1.165) is 0 Å². The summed E-state index contributed by atoms with van der Waals surface area (Å²) < 4.78 is 34.5. The fourth-order valence-electron chi connectivity index (χ4n) is 2.53. The van der Waals surface area contributed by atoms with Crippen molar-refractivity contribution in [1.29, 1.82) is 0 Å². The number of halogens is 1. The molecule has 0 aliphatic carbocycles. The molecule has 0 aliphatic rings. The molecule has 0 fully saturated rings. The number of benzene rings is 2. The summed E-state index contributed by atoms with van der Waals surface area (Å²) in [5, 5.41) is 0. The standard InChI is InChI=1S/C20H21FO5/c1-12(8-13-6-7-16(23-2)15(21)9-13)19(22)14-10-17(24-3)20(26-5)18(11-14)25-4/h6-11H,1-5H3. The average Bonchev–Trinajstić information content (AvgIpc) is 2.66. The summed E-state index contributed by atoms with van der Waals surface area (Å²) in [6, 6.07) is 7.66. The third-order valence-electron chi connectivity index (χ3n) is 3.84. The van der Waals surface area contributed by atoms with Crippen LogP contribution < -0.4 is 18.9 Å². The predicted octanol–water partition coefficient (Wildman–Crippen LogP) is 4.15. The van der Waals surface area contributed by atoms with E-state index in [9.17, 15) is 9.18 Å². The summed E-state index contributed by atoms with van der Waals surface area (Å²) in [4.78, 5) is 12.8. The van der Waals surface area contributed by atoms with E-state index in [0.29, 0.717) is 33.9 Å². The first-order chi connectivity index (χ1) is 12.4. The van der Waals surface area contributed by atoms with Crippen molar-refractivity contribution in [1.82, 2.24) is 0 Å². The number of methoxy groups -OCH3 is 4. The Bertz CT molecular complexity index is 817. The van der Waals surface area contributed by atoms with Crippen molar-refractivity contribution in [2.45, 2.75) is 6.92 Å².